The van der Waals surface area contributed by atoms with E-state index in [0.29, 0.717) is 22.7 Å². The summed E-state index contributed by atoms with van der Waals surface area (Å²) in [5, 5.41) is 21.8. The molecule has 1 heterocycles. The maximum atomic E-state index is 17.5. The van der Waals surface area contributed by atoms with Crippen LogP contribution in [0.5, 0.6) is 11.5 Å². The molecule has 8 nitrogen and oxygen atoms in total. The third-order valence-electron chi connectivity index (χ3n) is 11.2. The Morgan fingerprint density at radius 3 is 2.53 bits per heavy atom. The van der Waals surface area contributed by atoms with E-state index in [0.717, 1.165) is 6.08 Å². The molecule has 4 fully saturated rings. The molecule has 10 atom stereocenters. The molecule has 7 rings (SSSR count). The van der Waals surface area contributed by atoms with Gasteiger partial charge >= 0.3 is 0 Å². The molecule has 2 aromatic rings. The highest BCUT2D eigenvalue weighted by molar-refractivity contribution is 6.01. The molecule has 3 saturated carbocycles. The number of nitrogen functional groups attached to an aromatic ring is 1. The number of hydrogen-bond donors (Lipinski definition) is 3. The predicted molar refractivity (Wildman–Crippen MR) is 162 cm³/mol. The third-order valence-corrected chi connectivity index (χ3v) is 11.2. The van der Waals surface area contributed by atoms with Gasteiger partial charge in [0.25, 0.3) is 0 Å². The van der Waals surface area contributed by atoms with E-state index in [-0.39, 0.29) is 32.3 Å². The van der Waals surface area contributed by atoms with Gasteiger partial charge in [0.2, 0.25) is 0 Å². The molecule has 1 aliphatic heterocycles. The highest BCUT2D eigenvalue weighted by atomic mass is 19.1. The van der Waals surface area contributed by atoms with Crippen LogP contribution in [0.4, 0.5) is 14.5 Å². The Balaban J connectivity index is 0.00000357. The number of ether oxygens (including phenoxy) is 3. The number of allylic oxidation sites excluding steroid dienone is 4. The number of halogens is 2. The van der Waals surface area contributed by atoms with Crippen molar-refractivity contribution in [1.82, 2.24) is 0 Å². The van der Waals surface area contributed by atoms with Gasteiger partial charge in [-0.3, -0.25) is 9.59 Å². The number of alkyl halides is 2. The fourth-order valence-corrected chi connectivity index (χ4v) is 9.12. The number of fused-ring (bicyclic) bond motifs is 7. The molecule has 0 bridgehead atoms. The highest BCUT2D eigenvalue weighted by Crippen LogP contribution is 2.72. The second-order valence-electron chi connectivity index (χ2n) is 13.2. The van der Waals surface area contributed by atoms with Crippen LogP contribution in [0.15, 0.2) is 72.3 Å². The number of ketones is 2. The first kappa shape index (κ1) is 31.5. The van der Waals surface area contributed by atoms with Crippen molar-refractivity contribution in [2.75, 3.05) is 12.3 Å². The normalized spacial score (nSPS) is 41.2. The molecule has 1 saturated heterocycles. The molecule has 0 aromatic heterocycles. The minimum Gasteiger partial charge on any atom is -0.457 e. The number of Topliss-reactive ketones (excluding diaryl/α,β-unsaturated/α-hetero) is 1. The Labute approximate surface area is 260 Å². The van der Waals surface area contributed by atoms with Crippen LogP contribution in [0.2, 0.25) is 0 Å². The van der Waals surface area contributed by atoms with Gasteiger partial charge in [-0.2, -0.15) is 0 Å². The van der Waals surface area contributed by atoms with Crippen molar-refractivity contribution in [2.24, 2.45) is 22.7 Å². The number of benzene rings is 2. The Morgan fingerprint density at radius 1 is 1.11 bits per heavy atom. The smallest absolute Gasteiger partial charge is 0.193 e. The summed E-state index contributed by atoms with van der Waals surface area (Å²) >= 11 is 0. The van der Waals surface area contributed by atoms with Gasteiger partial charge in [0.05, 0.1) is 12.2 Å². The van der Waals surface area contributed by atoms with Crippen LogP contribution >= 0.6 is 0 Å². The number of aliphatic hydroxyl groups is 2. The molecule has 0 radical (unpaired) electrons. The summed E-state index contributed by atoms with van der Waals surface area (Å²) in [5.41, 5.74) is 0.297. The van der Waals surface area contributed by atoms with Crippen LogP contribution in [0.1, 0.15) is 52.4 Å². The number of anilines is 1. The zero-order valence-electron chi connectivity index (χ0n) is 24.4. The summed E-state index contributed by atoms with van der Waals surface area (Å²) in [7, 11) is 0. The lowest BCUT2D eigenvalue weighted by Crippen LogP contribution is -2.70. The number of aliphatic hydroxyl groups excluding tert-OH is 2. The molecule has 0 spiro atoms. The molecule has 2 aromatic carbocycles. The van der Waals surface area contributed by atoms with Crippen molar-refractivity contribution in [2.45, 2.75) is 76.5 Å². The lowest BCUT2D eigenvalue weighted by molar-refractivity contribution is -0.235. The van der Waals surface area contributed by atoms with Crippen molar-refractivity contribution < 1.29 is 42.8 Å². The summed E-state index contributed by atoms with van der Waals surface area (Å²) in [6.07, 6.45) is -1.59. The maximum absolute atomic E-state index is 17.5. The SMILES string of the molecule is C.C[C@]12C=CC(=O)C=C1[C@@H](F)C[C@H]1[C@@H]3C[C@H]4O[C@@H](c5ccc(Oc6cccc(N)c6)cc5)O[C@@]4(C(=O)CO)[C@@]3(C)C[C@H](O)[C@@]12F. The van der Waals surface area contributed by atoms with E-state index >= 15 is 8.78 Å². The zero-order valence-corrected chi connectivity index (χ0v) is 24.4. The van der Waals surface area contributed by atoms with E-state index in [1.54, 1.807) is 55.5 Å². The van der Waals surface area contributed by atoms with Gasteiger partial charge in [-0.15, -0.1) is 0 Å². The molecule has 0 unspecified atom stereocenters. The van der Waals surface area contributed by atoms with Gasteiger partial charge < -0.3 is 30.2 Å². The summed E-state index contributed by atoms with van der Waals surface area (Å²) in [4.78, 5) is 25.8. The van der Waals surface area contributed by atoms with E-state index in [1.165, 1.54) is 19.1 Å². The Morgan fingerprint density at radius 2 is 1.84 bits per heavy atom. The first-order chi connectivity index (χ1) is 20.9. The van der Waals surface area contributed by atoms with Crippen LogP contribution in [0.3, 0.4) is 0 Å². The quantitative estimate of drug-likeness (QED) is 0.381. The van der Waals surface area contributed by atoms with E-state index < -0.39 is 76.8 Å². The van der Waals surface area contributed by atoms with Gasteiger partial charge in [0.15, 0.2) is 29.1 Å². The summed E-state index contributed by atoms with van der Waals surface area (Å²) < 4.78 is 52.1. The van der Waals surface area contributed by atoms with Gasteiger partial charge in [-0.05, 0) is 74.1 Å². The molecule has 0 amide bonds. The maximum Gasteiger partial charge on any atom is 0.193 e. The lowest BCUT2D eigenvalue weighted by Gasteiger charge is -2.63. The average Bonchev–Trinajstić information content (AvgIpc) is 3.49. The number of nitrogens with two attached hydrogens (primary N) is 1. The summed E-state index contributed by atoms with van der Waals surface area (Å²) in [6, 6.07) is 13.9. The largest absolute Gasteiger partial charge is 0.457 e. The minimum atomic E-state index is -2.30. The van der Waals surface area contributed by atoms with Gasteiger partial charge in [-0.1, -0.05) is 38.6 Å². The van der Waals surface area contributed by atoms with Crippen LogP contribution in [0, 0.1) is 22.7 Å². The summed E-state index contributed by atoms with van der Waals surface area (Å²) in [6.45, 7) is 2.44. The predicted octanol–water partition coefficient (Wildman–Crippen LogP) is 5.34. The average molecular weight is 624 g/mol. The molecule has 45 heavy (non-hydrogen) atoms. The van der Waals surface area contributed by atoms with Gasteiger partial charge in [0, 0.05) is 34.1 Å². The summed E-state index contributed by atoms with van der Waals surface area (Å²) in [5.74, 6) is -1.56. The molecule has 10 heteroatoms. The van der Waals surface area contributed by atoms with Crippen molar-refractivity contribution in [1.29, 1.82) is 0 Å². The van der Waals surface area contributed by atoms with E-state index in [4.69, 9.17) is 19.9 Å². The monoisotopic (exact) mass is 623 g/mol. The van der Waals surface area contributed by atoms with Crippen molar-refractivity contribution in [3.8, 4) is 11.5 Å². The van der Waals surface area contributed by atoms with Crippen molar-refractivity contribution in [3.05, 3.63) is 77.9 Å². The molecule has 5 aliphatic rings. The second kappa shape index (κ2) is 10.6. The number of hydrogen-bond acceptors (Lipinski definition) is 8. The van der Waals surface area contributed by atoms with E-state index in [9.17, 15) is 19.8 Å². The molecule has 4 N–H and O–H groups in total. The zero-order chi connectivity index (χ0) is 31.2. The molecular weight excluding hydrogens is 584 g/mol. The van der Waals surface area contributed by atoms with Gasteiger partial charge in [0.1, 0.15) is 24.3 Å². The second-order valence-corrected chi connectivity index (χ2v) is 13.2. The lowest BCUT2D eigenvalue weighted by atomic mass is 9.44. The number of rotatable bonds is 5. The Hall–Kier alpha value is -3.44. The topological polar surface area (TPSA) is 128 Å². The number of carbonyl (C=O) groups is 2. The van der Waals surface area contributed by atoms with Gasteiger partial charge in [-0.25, -0.2) is 8.78 Å². The molecule has 240 valence electrons. The van der Waals surface area contributed by atoms with Crippen LogP contribution in [-0.4, -0.2) is 58.0 Å². The molecular formula is C35H39F2NO7. The number of carbonyl (C=O) groups excluding carboxylic acids is 2. The Bertz CT molecular complexity index is 1590. The van der Waals surface area contributed by atoms with Crippen LogP contribution in [0.25, 0.3) is 0 Å². The van der Waals surface area contributed by atoms with E-state index in [1.807, 2.05) is 0 Å². The first-order valence-electron chi connectivity index (χ1n) is 14.9. The van der Waals surface area contributed by atoms with Crippen LogP contribution < -0.4 is 10.5 Å². The van der Waals surface area contributed by atoms with Crippen LogP contribution in [-0.2, 0) is 19.1 Å². The molecule has 4 aliphatic carbocycles. The fraction of sp³-hybridized carbons (Fsp3) is 0.486. The third kappa shape index (κ3) is 4.15. The Kier molecular flexibility index (Phi) is 7.40. The van der Waals surface area contributed by atoms with Crippen molar-refractivity contribution in [3.63, 3.8) is 0 Å². The standard InChI is InChI=1S/C34H35F2NO7.CH4/c1-31-11-10-20(39)13-25(31)26(35)14-24-23-15-29-34(28(41)17-38,32(23,2)16-27(40)33(24,31)36)44-30(43-29)18-6-8-21(9-7-18)42-22-5-3-4-19(37)12-22;/h3-13,23-24,26-27,29-30,38,40H,14-17,37H2,1-2H3;1H4/t23-,24-,26-,27-,29+,30+,31-,32-,33-,34+;/m0./s1. The fourth-order valence-electron chi connectivity index (χ4n) is 9.12. The minimum absolute atomic E-state index is 0. The van der Waals surface area contributed by atoms with E-state index in [2.05, 4.69) is 0 Å². The first-order valence-corrected chi connectivity index (χ1v) is 14.9. The van der Waals surface area contributed by atoms with Crippen molar-refractivity contribution >= 4 is 17.3 Å². The highest BCUT2D eigenvalue weighted by Gasteiger charge is 2.80.